The van der Waals surface area contributed by atoms with E-state index in [9.17, 15) is 9.90 Å². The molecule has 0 radical (unpaired) electrons. The van der Waals surface area contributed by atoms with Gasteiger partial charge in [0.2, 0.25) is 0 Å². The zero-order valence-corrected chi connectivity index (χ0v) is 11.3. The average molecular weight is 273 g/mol. The Labute approximate surface area is 116 Å². The highest BCUT2D eigenvalue weighted by Gasteiger charge is 2.44. The smallest absolute Gasteiger partial charge is 0.259 e. The van der Waals surface area contributed by atoms with Gasteiger partial charge < -0.3 is 9.84 Å². The molecule has 1 aliphatic rings. The van der Waals surface area contributed by atoms with Crippen molar-refractivity contribution in [3.63, 3.8) is 0 Å². The van der Waals surface area contributed by atoms with Crippen molar-refractivity contribution < 1.29 is 14.6 Å². The first-order chi connectivity index (χ1) is 9.51. The molecule has 0 saturated heterocycles. The molecule has 0 aliphatic carbocycles. The lowest BCUT2D eigenvalue weighted by Gasteiger charge is -2.31. The molecule has 2 rings (SSSR count). The van der Waals surface area contributed by atoms with Crippen molar-refractivity contribution in [2.75, 3.05) is 7.11 Å². The van der Waals surface area contributed by atoms with Crippen LogP contribution in [0.4, 0.5) is 0 Å². The van der Waals surface area contributed by atoms with Crippen molar-refractivity contribution in [1.29, 1.82) is 5.26 Å². The normalized spacial score (nSPS) is 21.3. The van der Waals surface area contributed by atoms with Crippen molar-refractivity contribution in [3.8, 4) is 11.8 Å². The first-order valence-corrected chi connectivity index (χ1v) is 6.12. The van der Waals surface area contributed by atoms with Crippen LogP contribution < -0.4 is 4.74 Å². The van der Waals surface area contributed by atoms with E-state index in [0.29, 0.717) is 17.0 Å². The Morgan fingerprint density at radius 1 is 1.55 bits per heavy atom. The Bertz CT molecular complexity index is 589. The second kappa shape index (κ2) is 5.31. The fraction of sp³-hybridized carbons (Fsp3) is 0.357. The summed E-state index contributed by atoms with van der Waals surface area (Å²) >= 11 is 0. The lowest BCUT2D eigenvalue weighted by atomic mass is 9.97. The van der Waals surface area contributed by atoms with E-state index >= 15 is 0 Å². The molecule has 1 aromatic rings. The molecule has 1 aromatic carbocycles. The number of aliphatic hydroxyl groups is 1. The summed E-state index contributed by atoms with van der Waals surface area (Å²) in [4.78, 5) is 11.9. The Morgan fingerprint density at radius 2 is 2.20 bits per heavy atom. The molecule has 1 N–H and O–H groups in total. The van der Waals surface area contributed by atoms with Gasteiger partial charge >= 0.3 is 0 Å². The Hall–Kier alpha value is -2.39. The van der Waals surface area contributed by atoms with E-state index in [2.05, 4.69) is 5.10 Å². The van der Waals surface area contributed by atoms with E-state index < -0.39 is 11.6 Å². The Kier molecular flexibility index (Phi) is 3.72. The van der Waals surface area contributed by atoms with Gasteiger partial charge in [-0.15, -0.1) is 0 Å². The van der Waals surface area contributed by atoms with Crippen molar-refractivity contribution >= 4 is 11.6 Å². The second-order valence-electron chi connectivity index (χ2n) is 4.60. The fourth-order valence-corrected chi connectivity index (χ4v) is 2.21. The number of hydrazone groups is 1. The minimum atomic E-state index is -1.54. The summed E-state index contributed by atoms with van der Waals surface area (Å²) in [5, 5.41) is 24.5. The molecule has 0 aromatic heterocycles. The van der Waals surface area contributed by atoms with E-state index in [1.54, 1.807) is 44.4 Å². The first kappa shape index (κ1) is 14.0. The molecule has 1 heterocycles. The van der Waals surface area contributed by atoms with Gasteiger partial charge in [0.15, 0.2) is 5.72 Å². The zero-order valence-electron chi connectivity index (χ0n) is 11.3. The van der Waals surface area contributed by atoms with E-state index in [1.165, 1.54) is 0 Å². The molecule has 1 atom stereocenters. The third-order valence-corrected chi connectivity index (χ3v) is 3.14. The van der Waals surface area contributed by atoms with Crippen LogP contribution in [0.15, 0.2) is 29.4 Å². The number of amides is 1. The third-order valence-electron chi connectivity index (χ3n) is 3.14. The van der Waals surface area contributed by atoms with Gasteiger partial charge in [0.1, 0.15) is 12.2 Å². The summed E-state index contributed by atoms with van der Waals surface area (Å²) in [6, 6.07) is 8.54. The third kappa shape index (κ3) is 2.36. The second-order valence-corrected chi connectivity index (χ2v) is 4.60. The van der Waals surface area contributed by atoms with Crippen LogP contribution in [0, 0.1) is 11.3 Å². The van der Waals surface area contributed by atoms with Crippen LogP contribution in [0.1, 0.15) is 25.3 Å². The van der Waals surface area contributed by atoms with Crippen LogP contribution in [0.2, 0.25) is 0 Å². The predicted molar refractivity (Wildman–Crippen MR) is 71.7 cm³/mol. The lowest BCUT2D eigenvalue weighted by Crippen LogP contribution is -2.43. The number of hydrogen-bond donors (Lipinski definition) is 1. The fourth-order valence-electron chi connectivity index (χ4n) is 2.21. The van der Waals surface area contributed by atoms with Gasteiger partial charge in [-0.25, -0.2) is 0 Å². The maximum atomic E-state index is 11.9. The summed E-state index contributed by atoms with van der Waals surface area (Å²) < 4.78 is 5.06. The minimum Gasteiger partial charge on any atom is -0.497 e. The number of carbonyl (C=O) groups excluding carboxylic acids is 1. The summed E-state index contributed by atoms with van der Waals surface area (Å²) in [6.45, 7) is 1.73. The van der Waals surface area contributed by atoms with E-state index in [1.807, 2.05) is 0 Å². The molecule has 0 fully saturated rings. The van der Waals surface area contributed by atoms with Crippen LogP contribution in [0.25, 0.3) is 0 Å². The van der Waals surface area contributed by atoms with Gasteiger partial charge in [-0.05, 0) is 19.1 Å². The highest BCUT2D eigenvalue weighted by molar-refractivity contribution is 5.89. The van der Waals surface area contributed by atoms with Gasteiger partial charge in [0.05, 0.1) is 13.2 Å². The Balaban J connectivity index is 2.36. The molecule has 0 saturated carbocycles. The number of nitrogens with zero attached hydrogens (tertiary/aromatic N) is 3. The van der Waals surface area contributed by atoms with Gasteiger partial charge in [-0.3, -0.25) is 4.79 Å². The van der Waals surface area contributed by atoms with Crippen LogP contribution in [-0.4, -0.2) is 28.8 Å². The van der Waals surface area contributed by atoms with Crippen molar-refractivity contribution in [1.82, 2.24) is 5.01 Å². The zero-order chi connectivity index (χ0) is 14.8. The number of carbonyl (C=O) groups is 1. The number of hydrogen-bond acceptors (Lipinski definition) is 5. The molecule has 1 amide bonds. The standard InChI is InChI=1S/C14H15N3O3/c1-10-9-14(19,17(16-10)13(18)7-8-15)11-3-5-12(20-2)6-4-11/h3-6,19H,7,9H2,1-2H3/t14-/m1/s1. The summed E-state index contributed by atoms with van der Waals surface area (Å²) in [5.74, 6) is 0.130. The van der Waals surface area contributed by atoms with Crippen molar-refractivity contribution in [3.05, 3.63) is 29.8 Å². The molecule has 1 aliphatic heterocycles. The van der Waals surface area contributed by atoms with Crippen LogP contribution in [0.3, 0.4) is 0 Å². The summed E-state index contributed by atoms with van der Waals surface area (Å²) in [6.07, 6.45) is -0.105. The molecule has 6 nitrogen and oxygen atoms in total. The number of nitriles is 1. The molecular weight excluding hydrogens is 258 g/mol. The molecule has 6 heteroatoms. The SMILES string of the molecule is COc1ccc([C@]2(O)CC(C)=NN2C(=O)CC#N)cc1. The minimum absolute atomic E-state index is 0.219. The van der Waals surface area contributed by atoms with Gasteiger partial charge in [0, 0.05) is 17.7 Å². The number of methoxy groups -OCH3 is 1. The Morgan fingerprint density at radius 3 is 2.75 bits per heavy atom. The van der Waals surface area contributed by atoms with Crippen molar-refractivity contribution in [2.24, 2.45) is 5.10 Å². The quantitative estimate of drug-likeness (QED) is 0.901. The monoisotopic (exact) mass is 273 g/mol. The predicted octanol–water partition coefficient (Wildman–Crippen LogP) is 1.36. The number of ether oxygens (including phenoxy) is 1. The van der Waals surface area contributed by atoms with Gasteiger partial charge in [-0.1, -0.05) is 12.1 Å². The van der Waals surface area contributed by atoms with E-state index in [0.717, 1.165) is 5.01 Å². The van der Waals surface area contributed by atoms with E-state index in [4.69, 9.17) is 10.00 Å². The number of benzene rings is 1. The maximum Gasteiger partial charge on any atom is 0.259 e. The number of rotatable bonds is 3. The average Bonchev–Trinajstić information content (AvgIpc) is 2.75. The van der Waals surface area contributed by atoms with Gasteiger partial charge in [0.25, 0.3) is 5.91 Å². The highest BCUT2D eigenvalue weighted by Crippen LogP contribution is 2.36. The molecule has 20 heavy (non-hydrogen) atoms. The summed E-state index contributed by atoms with van der Waals surface area (Å²) in [5.41, 5.74) is -0.371. The van der Waals surface area contributed by atoms with Crippen LogP contribution in [-0.2, 0) is 10.5 Å². The maximum absolute atomic E-state index is 11.9. The molecule has 0 unspecified atom stereocenters. The lowest BCUT2D eigenvalue weighted by molar-refractivity contribution is -0.156. The van der Waals surface area contributed by atoms with E-state index in [-0.39, 0.29) is 12.8 Å². The molecule has 0 bridgehead atoms. The van der Waals surface area contributed by atoms with Gasteiger partial charge in [-0.2, -0.15) is 15.4 Å². The molecular formula is C14H15N3O3. The van der Waals surface area contributed by atoms with Crippen LogP contribution >= 0.6 is 0 Å². The highest BCUT2D eigenvalue weighted by atomic mass is 16.5. The molecule has 0 spiro atoms. The summed E-state index contributed by atoms with van der Waals surface area (Å²) in [7, 11) is 1.55. The molecule has 104 valence electrons. The largest absolute Gasteiger partial charge is 0.497 e. The van der Waals surface area contributed by atoms with Crippen LogP contribution in [0.5, 0.6) is 5.75 Å². The topological polar surface area (TPSA) is 85.9 Å². The first-order valence-electron chi connectivity index (χ1n) is 6.12. The van der Waals surface area contributed by atoms with Crippen molar-refractivity contribution in [2.45, 2.75) is 25.5 Å².